The lowest BCUT2D eigenvalue weighted by molar-refractivity contribution is -0.125. The van der Waals surface area contributed by atoms with Gasteiger partial charge in [-0.25, -0.2) is 0 Å². The van der Waals surface area contributed by atoms with Crippen LogP contribution >= 0.6 is 0 Å². The number of hydrogen-bond acceptors (Lipinski definition) is 4. The minimum absolute atomic E-state index is 0.0533. The van der Waals surface area contributed by atoms with E-state index in [1.165, 1.54) is 0 Å². The van der Waals surface area contributed by atoms with Crippen LogP contribution in [-0.4, -0.2) is 45.4 Å². The first-order valence-electron chi connectivity index (χ1n) is 4.93. The minimum Gasteiger partial charge on any atom is -0.375 e. The predicted molar refractivity (Wildman–Crippen MR) is 58.5 cm³/mol. The number of carbonyl (C=O) groups is 1. The van der Waals surface area contributed by atoms with E-state index in [-0.39, 0.29) is 12.5 Å². The van der Waals surface area contributed by atoms with Crippen molar-refractivity contribution in [2.45, 2.75) is 6.92 Å². The summed E-state index contributed by atoms with van der Waals surface area (Å²) in [4.78, 5) is 11.1. The van der Waals surface area contributed by atoms with Gasteiger partial charge in [-0.1, -0.05) is 12.2 Å². The average Bonchev–Trinajstić information content (AvgIpc) is 2.17. The molecule has 0 aliphatic rings. The maximum atomic E-state index is 11.1. The molecule has 0 spiro atoms. The van der Waals surface area contributed by atoms with E-state index in [9.17, 15) is 4.79 Å². The maximum absolute atomic E-state index is 11.1. The van der Waals surface area contributed by atoms with Crippen molar-refractivity contribution in [2.75, 3.05) is 39.5 Å². The topological polar surface area (TPSA) is 73.6 Å². The number of rotatable bonds is 9. The van der Waals surface area contributed by atoms with Gasteiger partial charge in [0.2, 0.25) is 5.91 Å². The van der Waals surface area contributed by atoms with Crippen LogP contribution in [0.2, 0.25) is 0 Å². The highest BCUT2D eigenvalue weighted by atomic mass is 16.5. The zero-order valence-electron chi connectivity index (χ0n) is 9.25. The molecule has 0 aromatic rings. The third-order valence-corrected chi connectivity index (χ3v) is 1.41. The Morgan fingerprint density at radius 3 is 2.60 bits per heavy atom. The zero-order chi connectivity index (χ0) is 11.5. The van der Waals surface area contributed by atoms with Crippen LogP contribution in [0, 0.1) is 0 Å². The van der Waals surface area contributed by atoms with E-state index in [2.05, 4.69) is 11.9 Å². The van der Waals surface area contributed by atoms with E-state index in [4.69, 9.17) is 15.2 Å². The maximum Gasteiger partial charge on any atom is 0.246 e. The summed E-state index contributed by atoms with van der Waals surface area (Å²) in [5, 5.41) is 2.66. The number of hydrogen-bond donors (Lipinski definition) is 2. The second kappa shape index (κ2) is 9.64. The van der Waals surface area contributed by atoms with Crippen molar-refractivity contribution in [3.8, 4) is 0 Å². The fourth-order valence-corrected chi connectivity index (χ4v) is 0.808. The van der Waals surface area contributed by atoms with Crippen LogP contribution in [0.5, 0.6) is 0 Å². The highest BCUT2D eigenvalue weighted by Crippen LogP contribution is 1.86. The van der Waals surface area contributed by atoms with Crippen molar-refractivity contribution in [1.29, 1.82) is 0 Å². The molecule has 0 radical (unpaired) electrons. The van der Waals surface area contributed by atoms with Crippen molar-refractivity contribution >= 4 is 5.91 Å². The van der Waals surface area contributed by atoms with Gasteiger partial charge >= 0.3 is 0 Å². The molecule has 0 fully saturated rings. The molecule has 0 rings (SSSR count). The lowest BCUT2D eigenvalue weighted by Crippen LogP contribution is -2.31. The number of nitrogens with one attached hydrogen (secondary N) is 1. The van der Waals surface area contributed by atoms with Crippen LogP contribution < -0.4 is 11.1 Å². The smallest absolute Gasteiger partial charge is 0.246 e. The molecule has 0 unspecified atom stereocenters. The van der Waals surface area contributed by atoms with E-state index >= 15 is 0 Å². The Bertz CT molecular complexity index is 195. The van der Waals surface area contributed by atoms with Gasteiger partial charge in [-0.15, -0.1) is 0 Å². The molecule has 15 heavy (non-hydrogen) atoms. The minimum atomic E-state index is -0.151. The summed E-state index contributed by atoms with van der Waals surface area (Å²) >= 11 is 0. The number of carbonyl (C=O) groups excluding carboxylic acids is 1. The van der Waals surface area contributed by atoms with Crippen molar-refractivity contribution in [1.82, 2.24) is 5.32 Å². The molecule has 1 amide bonds. The van der Waals surface area contributed by atoms with Crippen molar-refractivity contribution in [3.63, 3.8) is 0 Å². The fourth-order valence-electron chi connectivity index (χ4n) is 0.808. The van der Waals surface area contributed by atoms with E-state index in [0.717, 1.165) is 5.57 Å². The first-order valence-corrected chi connectivity index (χ1v) is 4.93. The highest BCUT2D eigenvalue weighted by molar-refractivity contribution is 5.77. The van der Waals surface area contributed by atoms with E-state index in [0.29, 0.717) is 32.9 Å². The van der Waals surface area contributed by atoms with E-state index in [1.54, 1.807) is 0 Å². The second-order valence-electron chi connectivity index (χ2n) is 3.20. The normalized spacial score (nSPS) is 10.0. The molecule has 0 heterocycles. The Balaban J connectivity index is 3.20. The quantitative estimate of drug-likeness (QED) is 0.409. The molecule has 0 saturated heterocycles. The molecule has 5 nitrogen and oxygen atoms in total. The van der Waals surface area contributed by atoms with Crippen molar-refractivity contribution in [3.05, 3.63) is 12.2 Å². The summed E-state index contributed by atoms with van der Waals surface area (Å²) in [5.74, 6) is -0.151. The largest absolute Gasteiger partial charge is 0.375 e. The summed E-state index contributed by atoms with van der Waals surface area (Å²) in [6, 6.07) is 0. The third kappa shape index (κ3) is 11.0. The molecular weight excluding hydrogens is 196 g/mol. The van der Waals surface area contributed by atoms with Gasteiger partial charge in [0, 0.05) is 13.1 Å². The average molecular weight is 216 g/mol. The zero-order valence-corrected chi connectivity index (χ0v) is 9.25. The van der Waals surface area contributed by atoms with Gasteiger partial charge in [0.05, 0.1) is 19.8 Å². The van der Waals surface area contributed by atoms with Crippen LogP contribution in [0.4, 0.5) is 0 Å². The molecule has 0 aliphatic carbocycles. The number of amides is 1. The number of ether oxygens (including phenoxy) is 2. The summed E-state index contributed by atoms with van der Waals surface area (Å²) in [6.45, 7) is 7.96. The molecule has 5 heteroatoms. The molecule has 3 N–H and O–H groups in total. The highest BCUT2D eigenvalue weighted by Gasteiger charge is 1.99. The Morgan fingerprint density at radius 1 is 1.33 bits per heavy atom. The predicted octanol–water partition coefficient (Wildman–Crippen LogP) is -0.329. The van der Waals surface area contributed by atoms with Crippen LogP contribution in [0.15, 0.2) is 12.2 Å². The Kier molecular flexibility index (Phi) is 9.05. The molecule has 0 bridgehead atoms. The molecule has 0 aromatic carbocycles. The fraction of sp³-hybridized carbons (Fsp3) is 0.700. The second-order valence-corrected chi connectivity index (χ2v) is 3.20. The monoisotopic (exact) mass is 216 g/mol. The molecule has 0 aromatic heterocycles. The van der Waals surface area contributed by atoms with E-state index < -0.39 is 0 Å². The van der Waals surface area contributed by atoms with Crippen LogP contribution in [0.25, 0.3) is 0 Å². The Hall–Kier alpha value is -0.910. The first kappa shape index (κ1) is 14.1. The van der Waals surface area contributed by atoms with E-state index in [1.807, 2.05) is 6.92 Å². The van der Waals surface area contributed by atoms with Crippen LogP contribution in [-0.2, 0) is 14.3 Å². The van der Waals surface area contributed by atoms with Gasteiger partial charge in [-0.2, -0.15) is 0 Å². The summed E-state index contributed by atoms with van der Waals surface area (Å²) in [5.41, 5.74) is 6.16. The standard InChI is InChI=1S/C10H20N2O3/c1-9(2)7-15-6-4-12-10(13)8-14-5-3-11/h1,3-8,11H2,2H3,(H,12,13). The summed E-state index contributed by atoms with van der Waals surface area (Å²) in [6.07, 6.45) is 0. The Labute approximate surface area is 90.6 Å². The third-order valence-electron chi connectivity index (χ3n) is 1.41. The van der Waals surface area contributed by atoms with Gasteiger partial charge in [0.15, 0.2) is 0 Å². The van der Waals surface area contributed by atoms with Gasteiger partial charge in [-0.05, 0) is 6.92 Å². The Morgan fingerprint density at radius 2 is 2.00 bits per heavy atom. The SMILES string of the molecule is C=C(C)COCCNC(=O)COCCN. The lowest BCUT2D eigenvalue weighted by Gasteiger charge is -2.06. The molecule has 0 saturated carbocycles. The van der Waals surface area contributed by atoms with Crippen LogP contribution in [0.3, 0.4) is 0 Å². The van der Waals surface area contributed by atoms with Gasteiger partial charge in [0.1, 0.15) is 6.61 Å². The molecule has 88 valence electrons. The van der Waals surface area contributed by atoms with Gasteiger partial charge < -0.3 is 20.5 Å². The molecular formula is C10H20N2O3. The van der Waals surface area contributed by atoms with Crippen molar-refractivity contribution < 1.29 is 14.3 Å². The number of nitrogens with two attached hydrogens (primary N) is 1. The van der Waals surface area contributed by atoms with Crippen molar-refractivity contribution in [2.24, 2.45) is 5.73 Å². The first-order chi connectivity index (χ1) is 7.16. The van der Waals surface area contributed by atoms with Crippen LogP contribution in [0.1, 0.15) is 6.92 Å². The lowest BCUT2D eigenvalue weighted by atomic mass is 10.4. The summed E-state index contributed by atoms with van der Waals surface area (Å²) < 4.78 is 10.1. The van der Waals surface area contributed by atoms with Gasteiger partial charge in [0.25, 0.3) is 0 Å². The summed E-state index contributed by atoms with van der Waals surface area (Å²) in [7, 11) is 0. The molecule has 0 aliphatic heterocycles. The molecule has 0 atom stereocenters. The van der Waals surface area contributed by atoms with Gasteiger partial charge in [-0.3, -0.25) is 4.79 Å².